The molecule has 212 valence electrons. The largest absolute Gasteiger partial charge is 0.508 e. The molecule has 2 unspecified atom stereocenters. The van der Waals surface area contributed by atoms with Gasteiger partial charge >= 0.3 is 12.3 Å². The summed E-state index contributed by atoms with van der Waals surface area (Å²) in [6.45, 7) is 9.82. The molecule has 0 aromatic rings. The third-order valence-electron chi connectivity index (χ3n) is 6.93. The Bertz CT molecular complexity index is 500. The van der Waals surface area contributed by atoms with Gasteiger partial charge in [0.1, 0.15) is 12.2 Å². The van der Waals surface area contributed by atoms with E-state index < -0.39 is 24.5 Å². The molecule has 0 bridgehead atoms. The zero-order valence-electron chi connectivity index (χ0n) is 23.9. The number of rotatable bonds is 20. The highest BCUT2D eigenvalue weighted by Crippen LogP contribution is 2.25. The summed E-state index contributed by atoms with van der Waals surface area (Å²) in [5, 5.41) is 0. The zero-order valence-corrected chi connectivity index (χ0v) is 23.9. The standard InChI is InChI=1S/C30H56O6/c1-25(2)19-13-9-5-7-11-17-23-33-29(31)35-27-21-15-16-22-28(27)36-30(32)34-24-18-12-8-6-10-14-20-26(3)4/h25-28H,5-24H2,1-4H3. The Balaban J connectivity index is 2.09. The molecular formula is C30H56O6. The van der Waals surface area contributed by atoms with Gasteiger partial charge in [0.15, 0.2) is 0 Å². The molecule has 1 aliphatic rings. The highest BCUT2D eigenvalue weighted by atomic mass is 16.8. The van der Waals surface area contributed by atoms with Gasteiger partial charge in [-0.05, 0) is 50.4 Å². The van der Waals surface area contributed by atoms with E-state index in [1.165, 1.54) is 64.2 Å². The van der Waals surface area contributed by atoms with Crippen LogP contribution in [-0.2, 0) is 18.9 Å². The summed E-state index contributed by atoms with van der Waals surface area (Å²) in [7, 11) is 0. The van der Waals surface area contributed by atoms with Crippen LogP contribution in [0.15, 0.2) is 0 Å². The first-order valence-electron chi connectivity index (χ1n) is 15.0. The molecule has 1 fully saturated rings. The summed E-state index contributed by atoms with van der Waals surface area (Å²) in [6, 6.07) is 0. The number of hydrogen-bond acceptors (Lipinski definition) is 6. The highest BCUT2D eigenvalue weighted by Gasteiger charge is 2.32. The third-order valence-corrected chi connectivity index (χ3v) is 6.93. The van der Waals surface area contributed by atoms with Crippen LogP contribution in [0, 0.1) is 11.8 Å². The van der Waals surface area contributed by atoms with Crippen molar-refractivity contribution in [2.45, 2.75) is 155 Å². The van der Waals surface area contributed by atoms with Crippen LogP contribution in [0.2, 0.25) is 0 Å². The highest BCUT2D eigenvalue weighted by molar-refractivity contribution is 5.61. The number of carbonyl (C=O) groups is 2. The summed E-state index contributed by atoms with van der Waals surface area (Å²) in [6.07, 6.45) is 17.5. The Labute approximate surface area is 221 Å². The van der Waals surface area contributed by atoms with Crippen LogP contribution >= 0.6 is 0 Å². The molecule has 0 aromatic carbocycles. The lowest BCUT2D eigenvalue weighted by Crippen LogP contribution is -2.38. The summed E-state index contributed by atoms with van der Waals surface area (Å²) in [4.78, 5) is 24.3. The number of carbonyl (C=O) groups excluding carboxylic acids is 2. The van der Waals surface area contributed by atoms with Crippen LogP contribution in [0.1, 0.15) is 143 Å². The van der Waals surface area contributed by atoms with E-state index in [0.29, 0.717) is 26.1 Å². The van der Waals surface area contributed by atoms with Crippen molar-refractivity contribution in [3.05, 3.63) is 0 Å². The van der Waals surface area contributed by atoms with Gasteiger partial charge in [0.2, 0.25) is 0 Å². The summed E-state index contributed by atoms with van der Waals surface area (Å²) in [5.74, 6) is 1.57. The Kier molecular flexibility index (Phi) is 19.5. The van der Waals surface area contributed by atoms with Crippen molar-refractivity contribution in [3.63, 3.8) is 0 Å². The van der Waals surface area contributed by atoms with Crippen LogP contribution in [0.3, 0.4) is 0 Å². The van der Waals surface area contributed by atoms with Gasteiger partial charge in [-0.1, -0.05) is 105 Å². The monoisotopic (exact) mass is 512 g/mol. The Morgan fingerprint density at radius 2 is 0.889 bits per heavy atom. The van der Waals surface area contributed by atoms with Crippen molar-refractivity contribution < 1.29 is 28.5 Å². The lowest BCUT2D eigenvalue weighted by molar-refractivity contribution is -0.0713. The van der Waals surface area contributed by atoms with Gasteiger partial charge in [0.05, 0.1) is 13.2 Å². The average molecular weight is 513 g/mol. The van der Waals surface area contributed by atoms with Gasteiger partial charge in [0, 0.05) is 0 Å². The van der Waals surface area contributed by atoms with E-state index in [2.05, 4.69) is 27.7 Å². The molecule has 0 N–H and O–H groups in total. The molecule has 1 rings (SSSR count). The van der Waals surface area contributed by atoms with Crippen LogP contribution in [0.5, 0.6) is 0 Å². The first kappa shape index (κ1) is 32.6. The maximum atomic E-state index is 12.1. The van der Waals surface area contributed by atoms with E-state index in [9.17, 15) is 9.59 Å². The second kappa shape index (κ2) is 21.6. The van der Waals surface area contributed by atoms with E-state index >= 15 is 0 Å². The van der Waals surface area contributed by atoms with Crippen molar-refractivity contribution >= 4 is 12.3 Å². The minimum absolute atomic E-state index is 0.378. The SMILES string of the molecule is CC(C)CCCCCCCCOC(=O)OC1CCCCC1OC(=O)OCCCCCCCCC(C)C. The van der Waals surface area contributed by atoms with Gasteiger partial charge in [-0.25, -0.2) is 9.59 Å². The summed E-state index contributed by atoms with van der Waals surface area (Å²) in [5.41, 5.74) is 0. The Morgan fingerprint density at radius 3 is 1.25 bits per heavy atom. The second-order valence-electron chi connectivity index (χ2n) is 11.4. The maximum absolute atomic E-state index is 12.1. The normalized spacial score (nSPS) is 17.8. The lowest BCUT2D eigenvalue weighted by atomic mass is 9.95. The molecule has 1 aliphatic carbocycles. The van der Waals surface area contributed by atoms with Crippen LogP contribution in [0.25, 0.3) is 0 Å². The fraction of sp³-hybridized carbons (Fsp3) is 0.933. The van der Waals surface area contributed by atoms with E-state index in [0.717, 1.165) is 50.4 Å². The van der Waals surface area contributed by atoms with E-state index in [-0.39, 0.29) is 0 Å². The lowest BCUT2D eigenvalue weighted by Gasteiger charge is -2.29. The van der Waals surface area contributed by atoms with Crippen molar-refractivity contribution in [2.75, 3.05) is 13.2 Å². The van der Waals surface area contributed by atoms with Gasteiger partial charge in [-0.3, -0.25) is 0 Å². The molecular weight excluding hydrogens is 456 g/mol. The van der Waals surface area contributed by atoms with E-state index in [1.807, 2.05) is 0 Å². The summed E-state index contributed by atoms with van der Waals surface area (Å²) < 4.78 is 21.5. The fourth-order valence-corrected chi connectivity index (χ4v) is 4.68. The summed E-state index contributed by atoms with van der Waals surface area (Å²) >= 11 is 0. The quantitative estimate of drug-likeness (QED) is 0.119. The molecule has 0 amide bonds. The molecule has 2 atom stereocenters. The van der Waals surface area contributed by atoms with Gasteiger partial charge in [-0.15, -0.1) is 0 Å². The molecule has 0 radical (unpaired) electrons. The maximum Gasteiger partial charge on any atom is 0.508 e. The minimum Gasteiger partial charge on any atom is -0.434 e. The van der Waals surface area contributed by atoms with E-state index in [4.69, 9.17) is 18.9 Å². The fourth-order valence-electron chi connectivity index (χ4n) is 4.68. The molecule has 6 nitrogen and oxygen atoms in total. The van der Waals surface area contributed by atoms with Crippen molar-refractivity contribution in [3.8, 4) is 0 Å². The minimum atomic E-state index is -0.658. The van der Waals surface area contributed by atoms with Crippen LogP contribution in [0.4, 0.5) is 9.59 Å². The van der Waals surface area contributed by atoms with E-state index in [1.54, 1.807) is 0 Å². The van der Waals surface area contributed by atoms with Gasteiger partial charge in [-0.2, -0.15) is 0 Å². The molecule has 0 spiro atoms. The third kappa shape index (κ3) is 18.8. The molecule has 6 heteroatoms. The number of unbranched alkanes of at least 4 members (excludes halogenated alkanes) is 10. The first-order valence-corrected chi connectivity index (χ1v) is 15.0. The van der Waals surface area contributed by atoms with Gasteiger partial charge < -0.3 is 18.9 Å². The second-order valence-corrected chi connectivity index (χ2v) is 11.4. The predicted octanol–water partition coefficient (Wildman–Crippen LogP) is 9.38. The molecule has 0 saturated heterocycles. The number of ether oxygens (including phenoxy) is 4. The van der Waals surface area contributed by atoms with Crippen molar-refractivity contribution in [2.24, 2.45) is 11.8 Å². The molecule has 0 heterocycles. The Hall–Kier alpha value is -1.46. The topological polar surface area (TPSA) is 71.1 Å². The zero-order chi connectivity index (χ0) is 26.4. The molecule has 0 aliphatic heterocycles. The van der Waals surface area contributed by atoms with Gasteiger partial charge in [0.25, 0.3) is 0 Å². The smallest absolute Gasteiger partial charge is 0.434 e. The first-order chi connectivity index (χ1) is 17.4. The molecule has 0 aromatic heterocycles. The Morgan fingerprint density at radius 1 is 0.556 bits per heavy atom. The average Bonchev–Trinajstić information content (AvgIpc) is 2.82. The number of hydrogen-bond donors (Lipinski definition) is 0. The predicted molar refractivity (Wildman–Crippen MR) is 145 cm³/mol. The van der Waals surface area contributed by atoms with Crippen LogP contribution < -0.4 is 0 Å². The molecule has 1 saturated carbocycles. The van der Waals surface area contributed by atoms with Crippen LogP contribution in [-0.4, -0.2) is 37.7 Å². The molecule has 36 heavy (non-hydrogen) atoms. The van der Waals surface area contributed by atoms with Crippen molar-refractivity contribution in [1.82, 2.24) is 0 Å². The van der Waals surface area contributed by atoms with Crippen molar-refractivity contribution in [1.29, 1.82) is 0 Å².